The second kappa shape index (κ2) is 7.29. The first-order valence-electron chi connectivity index (χ1n) is 6.82. The number of rotatable bonds is 6. The standard InChI is InChI=1S/C15H18F3NO3/c1-3-10(2)19(9-14(21)22)13(20)8-11-5-4-6-12(7-11)15(16,17)18/h4-7,10H,3,8-9H2,1-2H3,(H,21,22). The van der Waals surface area contributed by atoms with Crippen LogP contribution in [0.2, 0.25) is 0 Å². The van der Waals surface area contributed by atoms with Gasteiger partial charge in [0.15, 0.2) is 0 Å². The van der Waals surface area contributed by atoms with Crippen LogP contribution in [0, 0.1) is 0 Å². The van der Waals surface area contributed by atoms with Crippen molar-refractivity contribution in [3.63, 3.8) is 0 Å². The lowest BCUT2D eigenvalue weighted by atomic mass is 10.1. The minimum Gasteiger partial charge on any atom is -0.480 e. The molecule has 4 nitrogen and oxygen atoms in total. The normalized spacial score (nSPS) is 12.8. The molecule has 122 valence electrons. The summed E-state index contributed by atoms with van der Waals surface area (Å²) in [6.07, 6.45) is -4.18. The van der Waals surface area contributed by atoms with Gasteiger partial charge in [-0.2, -0.15) is 13.2 Å². The summed E-state index contributed by atoms with van der Waals surface area (Å²) in [4.78, 5) is 24.2. The fourth-order valence-corrected chi connectivity index (χ4v) is 1.99. The summed E-state index contributed by atoms with van der Waals surface area (Å²) in [6, 6.07) is 4.19. The zero-order valence-corrected chi connectivity index (χ0v) is 12.4. The van der Waals surface area contributed by atoms with Gasteiger partial charge in [-0.15, -0.1) is 0 Å². The lowest BCUT2D eigenvalue weighted by Crippen LogP contribution is -2.42. The van der Waals surface area contributed by atoms with Crippen LogP contribution in [-0.4, -0.2) is 34.5 Å². The smallest absolute Gasteiger partial charge is 0.416 e. The van der Waals surface area contributed by atoms with Gasteiger partial charge in [0.25, 0.3) is 0 Å². The predicted molar refractivity (Wildman–Crippen MR) is 74.2 cm³/mol. The van der Waals surface area contributed by atoms with Crippen LogP contribution in [0.25, 0.3) is 0 Å². The molecule has 0 bridgehead atoms. The van der Waals surface area contributed by atoms with Gasteiger partial charge < -0.3 is 10.0 Å². The van der Waals surface area contributed by atoms with Crippen LogP contribution in [-0.2, 0) is 22.2 Å². The minimum atomic E-state index is -4.48. The lowest BCUT2D eigenvalue weighted by molar-refractivity contribution is -0.145. The highest BCUT2D eigenvalue weighted by molar-refractivity contribution is 5.83. The summed E-state index contributed by atoms with van der Waals surface area (Å²) in [5.41, 5.74) is -0.621. The van der Waals surface area contributed by atoms with Crippen LogP contribution in [0.5, 0.6) is 0 Å². The van der Waals surface area contributed by atoms with Crippen molar-refractivity contribution in [2.45, 2.75) is 38.9 Å². The molecule has 1 unspecified atom stereocenters. The molecule has 22 heavy (non-hydrogen) atoms. The van der Waals surface area contributed by atoms with E-state index >= 15 is 0 Å². The van der Waals surface area contributed by atoms with Crippen molar-refractivity contribution in [3.8, 4) is 0 Å². The number of nitrogens with zero attached hydrogens (tertiary/aromatic N) is 1. The molecule has 0 spiro atoms. The van der Waals surface area contributed by atoms with Gasteiger partial charge >= 0.3 is 12.1 Å². The third kappa shape index (κ3) is 5.05. The number of amides is 1. The number of aliphatic carboxylic acids is 1. The van der Waals surface area contributed by atoms with Crippen molar-refractivity contribution in [1.82, 2.24) is 4.90 Å². The molecule has 1 N–H and O–H groups in total. The number of carboxylic acid groups (broad SMARTS) is 1. The van der Waals surface area contributed by atoms with Crippen LogP contribution < -0.4 is 0 Å². The highest BCUT2D eigenvalue weighted by atomic mass is 19.4. The van der Waals surface area contributed by atoms with E-state index in [0.717, 1.165) is 12.1 Å². The highest BCUT2D eigenvalue weighted by Crippen LogP contribution is 2.29. The van der Waals surface area contributed by atoms with E-state index in [1.165, 1.54) is 17.0 Å². The first-order chi connectivity index (χ1) is 10.1. The van der Waals surface area contributed by atoms with E-state index in [9.17, 15) is 22.8 Å². The third-order valence-corrected chi connectivity index (χ3v) is 3.36. The molecule has 0 saturated carbocycles. The summed E-state index contributed by atoms with van der Waals surface area (Å²) in [5.74, 6) is -1.66. The van der Waals surface area contributed by atoms with Crippen LogP contribution in [0.15, 0.2) is 24.3 Å². The van der Waals surface area contributed by atoms with Crippen molar-refractivity contribution >= 4 is 11.9 Å². The molecule has 0 aliphatic carbocycles. The maximum absolute atomic E-state index is 12.6. The molecule has 0 fully saturated rings. The Hall–Kier alpha value is -2.05. The van der Waals surface area contributed by atoms with Crippen molar-refractivity contribution < 1.29 is 27.9 Å². The third-order valence-electron chi connectivity index (χ3n) is 3.36. The van der Waals surface area contributed by atoms with Crippen LogP contribution in [0.3, 0.4) is 0 Å². The molecule has 1 rings (SSSR count). The predicted octanol–water partition coefficient (Wildman–Crippen LogP) is 2.96. The number of hydrogen-bond donors (Lipinski definition) is 1. The Labute approximate surface area is 126 Å². The van der Waals surface area contributed by atoms with Crippen molar-refractivity contribution in [1.29, 1.82) is 0 Å². The van der Waals surface area contributed by atoms with E-state index in [1.807, 2.05) is 0 Å². The minimum absolute atomic E-state index is 0.207. The maximum atomic E-state index is 12.6. The number of halogens is 3. The van der Waals surface area contributed by atoms with Gasteiger partial charge in [-0.25, -0.2) is 0 Å². The zero-order valence-electron chi connectivity index (χ0n) is 12.4. The quantitative estimate of drug-likeness (QED) is 0.877. The van der Waals surface area contributed by atoms with E-state index in [-0.39, 0.29) is 18.0 Å². The van der Waals surface area contributed by atoms with E-state index < -0.39 is 30.2 Å². The fourth-order valence-electron chi connectivity index (χ4n) is 1.99. The summed E-state index contributed by atoms with van der Waals surface area (Å²) >= 11 is 0. The van der Waals surface area contributed by atoms with E-state index in [2.05, 4.69) is 0 Å². The van der Waals surface area contributed by atoms with E-state index in [0.29, 0.717) is 6.42 Å². The average molecular weight is 317 g/mol. The number of alkyl halides is 3. The molecule has 0 aromatic heterocycles. The lowest BCUT2D eigenvalue weighted by Gasteiger charge is -2.27. The first kappa shape index (κ1) is 18.0. The molecule has 1 aromatic rings. The van der Waals surface area contributed by atoms with Gasteiger partial charge in [0.05, 0.1) is 12.0 Å². The second-order valence-corrected chi connectivity index (χ2v) is 5.05. The van der Waals surface area contributed by atoms with Crippen molar-refractivity contribution in [2.75, 3.05) is 6.54 Å². The van der Waals surface area contributed by atoms with Crippen LogP contribution in [0.4, 0.5) is 13.2 Å². The maximum Gasteiger partial charge on any atom is 0.416 e. The van der Waals surface area contributed by atoms with Gasteiger partial charge in [0.1, 0.15) is 6.54 Å². The van der Waals surface area contributed by atoms with Crippen LogP contribution in [0.1, 0.15) is 31.4 Å². The van der Waals surface area contributed by atoms with E-state index in [1.54, 1.807) is 13.8 Å². The van der Waals surface area contributed by atoms with Gasteiger partial charge in [-0.1, -0.05) is 25.1 Å². The summed E-state index contributed by atoms with van der Waals surface area (Å²) in [7, 11) is 0. The molecule has 0 heterocycles. The Morgan fingerprint density at radius 3 is 2.45 bits per heavy atom. The Morgan fingerprint density at radius 2 is 1.95 bits per heavy atom. The van der Waals surface area contributed by atoms with Crippen molar-refractivity contribution in [2.24, 2.45) is 0 Å². The van der Waals surface area contributed by atoms with Gasteiger partial charge in [0.2, 0.25) is 5.91 Å². The molecule has 0 aliphatic heterocycles. The Balaban J connectivity index is 2.92. The summed E-state index contributed by atoms with van der Waals surface area (Å²) < 4.78 is 37.9. The zero-order chi connectivity index (χ0) is 16.9. The number of benzene rings is 1. The SMILES string of the molecule is CCC(C)N(CC(=O)O)C(=O)Cc1cccc(C(F)(F)F)c1. The van der Waals surface area contributed by atoms with Crippen LogP contribution >= 0.6 is 0 Å². The number of carbonyl (C=O) groups excluding carboxylic acids is 1. The molecular weight excluding hydrogens is 299 g/mol. The van der Waals surface area contributed by atoms with Gasteiger partial charge in [-0.3, -0.25) is 9.59 Å². The molecule has 1 aromatic carbocycles. The first-order valence-corrected chi connectivity index (χ1v) is 6.82. The molecule has 1 amide bonds. The van der Waals surface area contributed by atoms with Crippen molar-refractivity contribution in [3.05, 3.63) is 35.4 Å². The molecule has 1 atom stereocenters. The number of carbonyl (C=O) groups is 2. The van der Waals surface area contributed by atoms with E-state index in [4.69, 9.17) is 5.11 Å². The second-order valence-electron chi connectivity index (χ2n) is 5.05. The number of carboxylic acids is 1. The topological polar surface area (TPSA) is 57.6 Å². The Morgan fingerprint density at radius 1 is 1.32 bits per heavy atom. The Bertz CT molecular complexity index is 543. The molecule has 0 aliphatic rings. The highest BCUT2D eigenvalue weighted by Gasteiger charge is 2.30. The Kier molecular flexibility index (Phi) is 5.96. The largest absolute Gasteiger partial charge is 0.480 e. The van der Waals surface area contributed by atoms with Gasteiger partial charge in [-0.05, 0) is 25.0 Å². The molecule has 0 saturated heterocycles. The summed E-state index contributed by atoms with van der Waals surface area (Å²) in [6.45, 7) is 3.04. The molecule has 0 radical (unpaired) electrons. The fraction of sp³-hybridized carbons (Fsp3) is 0.467. The molecule has 7 heteroatoms. The monoisotopic (exact) mass is 317 g/mol. The molecular formula is C15H18F3NO3. The summed E-state index contributed by atoms with van der Waals surface area (Å²) in [5, 5.41) is 8.85. The van der Waals surface area contributed by atoms with Gasteiger partial charge in [0, 0.05) is 6.04 Å². The average Bonchev–Trinajstić information content (AvgIpc) is 2.43. The number of hydrogen-bond acceptors (Lipinski definition) is 2.